The molecule has 1 aromatic heterocycles. The number of nitrogens with zero attached hydrogens (tertiary/aromatic N) is 2. The molecule has 0 aromatic carbocycles. The van der Waals surface area contributed by atoms with Crippen LogP contribution >= 0.6 is 0 Å². The van der Waals surface area contributed by atoms with E-state index in [1.807, 2.05) is 10.9 Å². The van der Waals surface area contributed by atoms with E-state index in [4.69, 9.17) is 5.11 Å². The number of rotatable bonds is 3. The molecule has 2 atom stereocenters. The molecular weight excluding hydrogens is 180 g/mol. The van der Waals surface area contributed by atoms with Gasteiger partial charge >= 0.3 is 5.97 Å². The molecule has 14 heavy (non-hydrogen) atoms. The fourth-order valence-corrected chi connectivity index (χ4v) is 1.66. The highest BCUT2D eigenvalue weighted by atomic mass is 16.4. The van der Waals surface area contributed by atoms with Crippen molar-refractivity contribution in [2.45, 2.75) is 32.2 Å². The van der Waals surface area contributed by atoms with E-state index in [2.05, 4.69) is 18.9 Å². The zero-order valence-electron chi connectivity index (χ0n) is 8.34. The van der Waals surface area contributed by atoms with E-state index in [1.165, 1.54) is 0 Å². The molecule has 1 saturated carbocycles. The fourth-order valence-electron chi connectivity index (χ4n) is 1.66. The molecule has 76 valence electrons. The van der Waals surface area contributed by atoms with E-state index in [0.717, 1.165) is 12.0 Å². The molecule has 1 aromatic rings. The van der Waals surface area contributed by atoms with Gasteiger partial charge in [0.15, 0.2) is 0 Å². The maximum atomic E-state index is 10.7. The van der Waals surface area contributed by atoms with Gasteiger partial charge in [-0.05, 0) is 25.8 Å². The van der Waals surface area contributed by atoms with Gasteiger partial charge in [0.25, 0.3) is 0 Å². The predicted molar refractivity (Wildman–Crippen MR) is 51.1 cm³/mol. The zero-order valence-corrected chi connectivity index (χ0v) is 8.34. The van der Waals surface area contributed by atoms with Gasteiger partial charge in [-0.2, -0.15) is 5.10 Å². The van der Waals surface area contributed by atoms with Crippen molar-refractivity contribution in [3.8, 4) is 0 Å². The molecule has 1 aliphatic rings. The van der Waals surface area contributed by atoms with E-state index in [0.29, 0.717) is 6.04 Å². The summed E-state index contributed by atoms with van der Waals surface area (Å²) in [6.45, 7) is 4.11. The summed E-state index contributed by atoms with van der Waals surface area (Å²) >= 11 is 0. The Morgan fingerprint density at radius 1 is 1.71 bits per heavy atom. The number of carboxylic acid groups (broad SMARTS) is 1. The number of aliphatic carboxylic acids is 1. The molecule has 1 N–H and O–H groups in total. The Hall–Kier alpha value is -1.32. The smallest absolute Gasteiger partial charge is 0.307 e. The number of hydrogen-bond acceptors (Lipinski definition) is 2. The second-order valence-corrected chi connectivity index (χ2v) is 4.13. The van der Waals surface area contributed by atoms with Crippen LogP contribution in [0.4, 0.5) is 0 Å². The van der Waals surface area contributed by atoms with Crippen LogP contribution in [-0.4, -0.2) is 20.9 Å². The second kappa shape index (κ2) is 3.12. The van der Waals surface area contributed by atoms with Crippen LogP contribution in [0.1, 0.15) is 37.8 Å². The summed E-state index contributed by atoms with van der Waals surface area (Å²) in [7, 11) is 0. The molecule has 0 amide bonds. The average molecular weight is 194 g/mol. The summed E-state index contributed by atoms with van der Waals surface area (Å²) in [6, 6.07) is 0.339. The van der Waals surface area contributed by atoms with Crippen LogP contribution in [0.25, 0.3) is 0 Å². The predicted octanol–water partition coefficient (Wildman–Crippen LogP) is 1.65. The van der Waals surface area contributed by atoms with Crippen LogP contribution in [0, 0.1) is 5.92 Å². The lowest BCUT2D eigenvalue weighted by atomic mass is 10.2. The van der Waals surface area contributed by atoms with E-state index in [-0.39, 0.29) is 11.8 Å². The summed E-state index contributed by atoms with van der Waals surface area (Å²) < 4.78 is 1.87. The third-order valence-electron chi connectivity index (χ3n) is 2.69. The minimum Gasteiger partial charge on any atom is -0.481 e. The molecule has 2 rings (SSSR count). The Bertz CT molecular complexity index is 357. The molecule has 0 bridgehead atoms. The highest BCUT2D eigenvalue weighted by molar-refractivity contribution is 5.75. The molecule has 1 fully saturated rings. The van der Waals surface area contributed by atoms with Gasteiger partial charge in [0.1, 0.15) is 0 Å². The minimum absolute atomic E-state index is 0.181. The number of hydrogen-bond donors (Lipinski definition) is 1. The molecule has 0 radical (unpaired) electrons. The lowest BCUT2D eigenvalue weighted by Crippen LogP contribution is -2.00. The lowest BCUT2D eigenvalue weighted by Gasteiger charge is -2.02. The van der Waals surface area contributed by atoms with Crippen LogP contribution in [0.15, 0.2) is 12.4 Å². The summed E-state index contributed by atoms with van der Waals surface area (Å²) in [5.41, 5.74) is 1.06. The molecule has 4 nitrogen and oxygen atoms in total. The molecule has 0 spiro atoms. The van der Waals surface area contributed by atoms with Gasteiger partial charge in [0.2, 0.25) is 0 Å². The molecule has 1 aliphatic carbocycles. The van der Waals surface area contributed by atoms with Gasteiger partial charge in [-0.15, -0.1) is 0 Å². The second-order valence-electron chi connectivity index (χ2n) is 4.13. The van der Waals surface area contributed by atoms with Gasteiger partial charge in [0.05, 0.1) is 12.1 Å². The third kappa shape index (κ3) is 1.52. The number of carbonyl (C=O) groups is 1. The van der Waals surface area contributed by atoms with E-state index < -0.39 is 5.97 Å². The van der Waals surface area contributed by atoms with Crippen molar-refractivity contribution in [2.24, 2.45) is 5.92 Å². The van der Waals surface area contributed by atoms with Gasteiger partial charge in [0, 0.05) is 18.2 Å². The number of carboxylic acids is 1. The average Bonchev–Trinajstić information content (AvgIpc) is 2.76. The van der Waals surface area contributed by atoms with Crippen molar-refractivity contribution in [1.82, 2.24) is 9.78 Å². The van der Waals surface area contributed by atoms with Gasteiger partial charge in [-0.1, -0.05) is 0 Å². The number of aromatic nitrogens is 2. The summed E-state index contributed by atoms with van der Waals surface area (Å²) in [5.74, 6) is -0.674. The standard InChI is InChI=1S/C10H14N2O2/c1-6(2)12-5-7(4-11-12)8-3-9(8)10(13)14/h4-6,8-9H,3H2,1-2H3,(H,13,14)/t8-,9+/m1/s1. The Kier molecular flexibility index (Phi) is 2.06. The molecule has 0 aliphatic heterocycles. The first kappa shape index (κ1) is 9.24. The summed E-state index contributed by atoms with van der Waals surface area (Å²) in [4.78, 5) is 10.7. The third-order valence-corrected chi connectivity index (χ3v) is 2.69. The van der Waals surface area contributed by atoms with Gasteiger partial charge in [-0.25, -0.2) is 0 Å². The first-order chi connectivity index (χ1) is 6.59. The topological polar surface area (TPSA) is 55.1 Å². The van der Waals surface area contributed by atoms with Crippen molar-refractivity contribution < 1.29 is 9.90 Å². The summed E-state index contributed by atoms with van der Waals surface area (Å²) in [5, 5.41) is 13.0. The summed E-state index contributed by atoms with van der Waals surface area (Å²) in [6.07, 6.45) is 4.50. The van der Waals surface area contributed by atoms with Crippen molar-refractivity contribution in [2.75, 3.05) is 0 Å². The van der Waals surface area contributed by atoms with Crippen molar-refractivity contribution in [3.05, 3.63) is 18.0 Å². The molecule has 0 saturated heterocycles. The van der Waals surface area contributed by atoms with Gasteiger partial charge in [-0.3, -0.25) is 9.48 Å². The fraction of sp³-hybridized carbons (Fsp3) is 0.600. The molecule has 4 heteroatoms. The molecule has 1 heterocycles. The maximum Gasteiger partial charge on any atom is 0.307 e. The molecule has 0 unspecified atom stereocenters. The monoisotopic (exact) mass is 194 g/mol. The van der Waals surface area contributed by atoms with Crippen molar-refractivity contribution in [1.29, 1.82) is 0 Å². The van der Waals surface area contributed by atoms with Crippen molar-refractivity contribution in [3.63, 3.8) is 0 Å². The first-order valence-electron chi connectivity index (χ1n) is 4.86. The van der Waals surface area contributed by atoms with Crippen LogP contribution in [-0.2, 0) is 4.79 Å². The Morgan fingerprint density at radius 2 is 2.43 bits per heavy atom. The highest BCUT2D eigenvalue weighted by Gasteiger charge is 2.44. The Morgan fingerprint density at radius 3 is 2.86 bits per heavy atom. The Labute approximate surface area is 82.5 Å². The van der Waals surface area contributed by atoms with Crippen LogP contribution in [0.3, 0.4) is 0 Å². The minimum atomic E-state index is -0.688. The van der Waals surface area contributed by atoms with E-state index in [9.17, 15) is 4.79 Å². The van der Waals surface area contributed by atoms with Crippen LogP contribution in [0.2, 0.25) is 0 Å². The SMILES string of the molecule is CC(C)n1cc([C@H]2C[C@@H]2C(=O)O)cn1. The van der Waals surface area contributed by atoms with Gasteiger partial charge < -0.3 is 5.11 Å². The lowest BCUT2D eigenvalue weighted by molar-refractivity contribution is -0.138. The highest BCUT2D eigenvalue weighted by Crippen LogP contribution is 2.47. The van der Waals surface area contributed by atoms with Crippen LogP contribution in [0.5, 0.6) is 0 Å². The quantitative estimate of drug-likeness (QED) is 0.796. The first-order valence-corrected chi connectivity index (χ1v) is 4.86. The van der Waals surface area contributed by atoms with Crippen LogP contribution < -0.4 is 0 Å². The molecular formula is C10H14N2O2. The Balaban J connectivity index is 2.09. The normalized spacial score (nSPS) is 25.4. The zero-order chi connectivity index (χ0) is 10.3. The largest absolute Gasteiger partial charge is 0.481 e. The maximum absolute atomic E-state index is 10.7. The van der Waals surface area contributed by atoms with Crippen molar-refractivity contribution >= 4 is 5.97 Å². The van der Waals surface area contributed by atoms with E-state index >= 15 is 0 Å². The van der Waals surface area contributed by atoms with E-state index in [1.54, 1.807) is 6.20 Å².